The van der Waals surface area contributed by atoms with Crippen LogP contribution in [0.3, 0.4) is 0 Å². The highest BCUT2D eigenvalue weighted by molar-refractivity contribution is 7.71. The number of nitrogens with one attached hydrogen (secondary N) is 1. The molecule has 3 aromatic rings. The highest BCUT2D eigenvalue weighted by Crippen LogP contribution is 2.18. The number of aryl methyl sites for hydroxylation is 1. The van der Waals surface area contributed by atoms with Crippen LogP contribution in [0.5, 0.6) is 5.75 Å². The first kappa shape index (κ1) is 16.4. The van der Waals surface area contributed by atoms with Crippen LogP contribution in [0.25, 0.3) is 0 Å². The zero-order valence-corrected chi connectivity index (χ0v) is 14.5. The quantitative estimate of drug-likeness (QED) is 0.544. The number of nitrogens with zero attached hydrogens (tertiary/aromatic N) is 3. The lowest BCUT2D eigenvalue weighted by Crippen LogP contribution is -1.96. The summed E-state index contributed by atoms with van der Waals surface area (Å²) < 4.78 is 7.78. The number of halogens is 1. The van der Waals surface area contributed by atoms with Gasteiger partial charge in [0.2, 0.25) is 4.77 Å². The molecular formula is C17H15ClN4OS. The SMILES string of the molecule is Cc1n[nH]c(=S)n1/N=C\c1ccc(OCc2ccccc2Cl)cc1. The molecular weight excluding hydrogens is 344 g/mol. The van der Waals surface area contributed by atoms with E-state index in [1.54, 1.807) is 10.9 Å². The molecule has 5 nitrogen and oxygen atoms in total. The standard InChI is InChI=1S/C17H15ClN4OS/c1-12-20-21-17(24)22(12)19-10-13-6-8-15(9-7-13)23-11-14-4-2-3-5-16(14)18/h2-10H,11H2,1H3,(H,21,24)/b19-10-. The Morgan fingerprint density at radius 1 is 1.25 bits per heavy atom. The lowest BCUT2D eigenvalue weighted by atomic mass is 10.2. The van der Waals surface area contributed by atoms with Gasteiger partial charge in [0.25, 0.3) is 0 Å². The zero-order chi connectivity index (χ0) is 16.9. The van der Waals surface area contributed by atoms with Crippen LogP contribution in [0, 0.1) is 11.7 Å². The Morgan fingerprint density at radius 3 is 2.67 bits per heavy atom. The van der Waals surface area contributed by atoms with E-state index in [2.05, 4.69) is 15.3 Å². The molecule has 24 heavy (non-hydrogen) atoms. The van der Waals surface area contributed by atoms with Gasteiger partial charge < -0.3 is 4.74 Å². The first-order chi connectivity index (χ1) is 11.6. The molecule has 0 saturated carbocycles. The molecule has 0 saturated heterocycles. The van der Waals surface area contributed by atoms with Gasteiger partial charge in [-0.25, -0.2) is 0 Å². The summed E-state index contributed by atoms with van der Waals surface area (Å²) in [6.45, 7) is 2.26. The van der Waals surface area contributed by atoms with Crippen molar-refractivity contribution in [1.82, 2.24) is 14.9 Å². The number of aromatic nitrogens is 3. The smallest absolute Gasteiger partial charge is 0.216 e. The van der Waals surface area contributed by atoms with Gasteiger partial charge >= 0.3 is 0 Å². The fourth-order valence-corrected chi connectivity index (χ4v) is 2.47. The monoisotopic (exact) mass is 358 g/mol. The average Bonchev–Trinajstić information content (AvgIpc) is 2.91. The molecule has 2 aromatic carbocycles. The predicted octanol–water partition coefficient (Wildman–Crippen LogP) is 4.36. The Morgan fingerprint density at radius 2 is 2.00 bits per heavy atom. The molecule has 0 radical (unpaired) electrons. The first-order valence-electron chi connectivity index (χ1n) is 7.28. The number of aromatic amines is 1. The number of H-pyrrole nitrogens is 1. The predicted molar refractivity (Wildman–Crippen MR) is 97.4 cm³/mol. The van der Waals surface area contributed by atoms with Gasteiger partial charge in [-0.15, -0.1) is 0 Å². The van der Waals surface area contributed by atoms with Crippen LogP contribution in [0.2, 0.25) is 5.02 Å². The van der Waals surface area contributed by atoms with Crippen LogP contribution in [-0.4, -0.2) is 21.1 Å². The lowest BCUT2D eigenvalue weighted by molar-refractivity contribution is 0.306. The molecule has 0 fully saturated rings. The van der Waals surface area contributed by atoms with E-state index in [1.165, 1.54) is 0 Å². The fraction of sp³-hybridized carbons (Fsp3) is 0.118. The summed E-state index contributed by atoms with van der Waals surface area (Å²) in [4.78, 5) is 0. The Labute approximate surface area is 149 Å². The molecule has 1 heterocycles. The minimum atomic E-state index is 0.427. The third kappa shape index (κ3) is 3.90. The maximum Gasteiger partial charge on any atom is 0.216 e. The largest absolute Gasteiger partial charge is 0.489 e. The van der Waals surface area contributed by atoms with E-state index < -0.39 is 0 Å². The molecule has 122 valence electrons. The van der Waals surface area contributed by atoms with E-state index in [-0.39, 0.29) is 0 Å². The normalized spacial score (nSPS) is 11.1. The molecule has 3 rings (SSSR count). The van der Waals surface area contributed by atoms with Crippen molar-refractivity contribution in [3.05, 3.63) is 75.3 Å². The van der Waals surface area contributed by atoms with Gasteiger partial charge in [-0.1, -0.05) is 29.8 Å². The molecule has 0 aliphatic carbocycles. The Kier molecular flexibility index (Phi) is 5.08. The minimum absolute atomic E-state index is 0.427. The molecule has 0 bridgehead atoms. The van der Waals surface area contributed by atoms with Gasteiger partial charge in [0.15, 0.2) is 0 Å². The molecule has 0 unspecified atom stereocenters. The topological polar surface area (TPSA) is 55.2 Å². The van der Waals surface area contributed by atoms with Crippen molar-refractivity contribution < 1.29 is 4.74 Å². The molecule has 0 atom stereocenters. The van der Waals surface area contributed by atoms with Crippen molar-refractivity contribution in [2.75, 3.05) is 0 Å². The molecule has 7 heteroatoms. The molecule has 1 N–H and O–H groups in total. The summed E-state index contributed by atoms with van der Waals surface area (Å²) in [6, 6.07) is 15.2. The van der Waals surface area contributed by atoms with Crippen LogP contribution in [0.15, 0.2) is 53.6 Å². The molecule has 1 aromatic heterocycles. The van der Waals surface area contributed by atoms with Gasteiger partial charge in [-0.3, -0.25) is 5.10 Å². The van der Waals surface area contributed by atoms with E-state index in [1.807, 2.05) is 55.5 Å². The third-order valence-corrected chi connectivity index (χ3v) is 4.00. The number of ether oxygens (including phenoxy) is 1. The van der Waals surface area contributed by atoms with Crippen molar-refractivity contribution in [1.29, 1.82) is 0 Å². The summed E-state index contributed by atoms with van der Waals surface area (Å²) in [7, 11) is 0. The highest BCUT2D eigenvalue weighted by atomic mass is 35.5. The number of rotatable bonds is 5. The second kappa shape index (κ2) is 7.42. The molecule has 0 amide bonds. The molecule has 0 aliphatic heterocycles. The van der Waals surface area contributed by atoms with Crippen LogP contribution in [-0.2, 0) is 6.61 Å². The Balaban J connectivity index is 1.65. The number of benzene rings is 2. The van der Waals surface area contributed by atoms with Crippen LogP contribution in [0.4, 0.5) is 0 Å². The Bertz CT molecular complexity index is 915. The fourth-order valence-electron chi connectivity index (χ4n) is 2.06. The third-order valence-electron chi connectivity index (χ3n) is 3.37. The van der Waals surface area contributed by atoms with Crippen molar-refractivity contribution in [2.24, 2.45) is 5.10 Å². The number of hydrogen-bond donors (Lipinski definition) is 1. The summed E-state index contributed by atoms with van der Waals surface area (Å²) >= 11 is 11.2. The summed E-state index contributed by atoms with van der Waals surface area (Å²) in [5.74, 6) is 1.47. The van der Waals surface area contributed by atoms with Gasteiger partial charge in [0, 0.05) is 10.6 Å². The van der Waals surface area contributed by atoms with Crippen molar-refractivity contribution in [2.45, 2.75) is 13.5 Å². The van der Waals surface area contributed by atoms with Crippen LogP contribution in [0.1, 0.15) is 17.0 Å². The van der Waals surface area contributed by atoms with Crippen molar-refractivity contribution >= 4 is 30.0 Å². The van der Waals surface area contributed by atoms with Gasteiger partial charge in [0.05, 0.1) is 6.21 Å². The van der Waals surface area contributed by atoms with Crippen LogP contribution < -0.4 is 4.74 Å². The van der Waals surface area contributed by atoms with Crippen LogP contribution >= 0.6 is 23.8 Å². The van der Waals surface area contributed by atoms with E-state index in [0.29, 0.717) is 22.2 Å². The minimum Gasteiger partial charge on any atom is -0.489 e. The van der Waals surface area contributed by atoms with E-state index in [0.717, 1.165) is 16.9 Å². The zero-order valence-electron chi connectivity index (χ0n) is 12.9. The van der Waals surface area contributed by atoms with E-state index in [4.69, 9.17) is 28.6 Å². The Hall–Kier alpha value is -2.44. The summed E-state index contributed by atoms with van der Waals surface area (Å²) in [6.07, 6.45) is 1.72. The lowest BCUT2D eigenvalue weighted by Gasteiger charge is -2.07. The highest BCUT2D eigenvalue weighted by Gasteiger charge is 2.01. The second-order valence-electron chi connectivity index (χ2n) is 5.08. The molecule has 0 spiro atoms. The second-order valence-corrected chi connectivity index (χ2v) is 5.88. The summed E-state index contributed by atoms with van der Waals surface area (Å²) in [5.41, 5.74) is 1.89. The van der Waals surface area contributed by atoms with Gasteiger partial charge in [-0.2, -0.15) is 14.9 Å². The van der Waals surface area contributed by atoms with Crippen molar-refractivity contribution in [3.63, 3.8) is 0 Å². The van der Waals surface area contributed by atoms with Gasteiger partial charge in [-0.05, 0) is 55.0 Å². The maximum atomic E-state index is 6.12. The maximum absolute atomic E-state index is 6.12. The first-order valence-corrected chi connectivity index (χ1v) is 8.07. The van der Waals surface area contributed by atoms with Gasteiger partial charge in [0.1, 0.15) is 18.2 Å². The van der Waals surface area contributed by atoms with E-state index >= 15 is 0 Å². The van der Waals surface area contributed by atoms with Crippen molar-refractivity contribution in [3.8, 4) is 5.75 Å². The molecule has 0 aliphatic rings. The van der Waals surface area contributed by atoms with E-state index in [9.17, 15) is 0 Å². The summed E-state index contributed by atoms with van der Waals surface area (Å²) in [5, 5.41) is 11.7. The average molecular weight is 359 g/mol. The number of hydrogen-bond acceptors (Lipinski definition) is 4.